The minimum atomic E-state index is 0.367. The van der Waals surface area contributed by atoms with Crippen LogP contribution in [0.3, 0.4) is 0 Å². The molecule has 0 spiro atoms. The number of hydrogen-bond acceptors (Lipinski definition) is 2. The molecule has 0 N–H and O–H groups in total. The highest BCUT2D eigenvalue weighted by atomic mass is 15.0. The Morgan fingerprint density at radius 1 is 0.952 bits per heavy atom. The average Bonchev–Trinajstić information content (AvgIpc) is 2.86. The van der Waals surface area contributed by atoms with Crippen molar-refractivity contribution in [3.8, 4) is 12.1 Å². The van der Waals surface area contributed by atoms with E-state index in [0.29, 0.717) is 17.2 Å². The first-order chi connectivity index (χ1) is 10.2. The normalized spacial score (nSPS) is 12.2. The molecular formula is C18H15N3. The molecule has 0 saturated heterocycles. The topological polar surface area (TPSA) is 52.5 Å². The Labute approximate surface area is 123 Å². The molecule has 0 aliphatic carbocycles. The molecule has 0 aliphatic heterocycles. The second kappa shape index (κ2) is 4.96. The van der Waals surface area contributed by atoms with E-state index in [0.717, 1.165) is 28.2 Å². The van der Waals surface area contributed by atoms with Crippen LogP contribution in [0.1, 0.15) is 37.4 Å². The highest BCUT2D eigenvalue weighted by molar-refractivity contribution is 6.09. The molecular weight excluding hydrogens is 258 g/mol. The van der Waals surface area contributed by atoms with Gasteiger partial charge in [0, 0.05) is 27.8 Å². The summed E-state index contributed by atoms with van der Waals surface area (Å²) in [6.07, 6.45) is 1.03. The molecule has 1 atom stereocenters. The fourth-order valence-corrected chi connectivity index (χ4v) is 2.85. The maximum Gasteiger partial charge on any atom is 0.0991 e. The minimum Gasteiger partial charge on any atom is -0.338 e. The van der Waals surface area contributed by atoms with Crippen molar-refractivity contribution in [3.63, 3.8) is 0 Å². The zero-order valence-corrected chi connectivity index (χ0v) is 12.1. The molecule has 2 aromatic carbocycles. The van der Waals surface area contributed by atoms with Crippen LogP contribution in [0, 0.1) is 22.7 Å². The number of rotatable bonds is 2. The van der Waals surface area contributed by atoms with Crippen LogP contribution in [0.4, 0.5) is 0 Å². The van der Waals surface area contributed by atoms with Gasteiger partial charge < -0.3 is 4.57 Å². The third kappa shape index (κ3) is 1.95. The van der Waals surface area contributed by atoms with E-state index < -0.39 is 0 Å². The molecule has 0 radical (unpaired) electrons. The van der Waals surface area contributed by atoms with Crippen molar-refractivity contribution in [1.29, 1.82) is 10.5 Å². The van der Waals surface area contributed by atoms with E-state index in [1.807, 2.05) is 36.4 Å². The lowest BCUT2D eigenvalue weighted by Crippen LogP contribution is -2.03. The van der Waals surface area contributed by atoms with Crippen molar-refractivity contribution in [2.24, 2.45) is 0 Å². The van der Waals surface area contributed by atoms with E-state index in [2.05, 4.69) is 30.6 Å². The van der Waals surface area contributed by atoms with Gasteiger partial charge in [0.1, 0.15) is 0 Å². The van der Waals surface area contributed by atoms with Crippen molar-refractivity contribution < 1.29 is 0 Å². The molecule has 1 unspecified atom stereocenters. The summed E-state index contributed by atoms with van der Waals surface area (Å²) in [7, 11) is 0. The zero-order chi connectivity index (χ0) is 15.0. The minimum absolute atomic E-state index is 0.367. The van der Waals surface area contributed by atoms with Crippen molar-refractivity contribution in [2.45, 2.75) is 26.3 Å². The van der Waals surface area contributed by atoms with Gasteiger partial charge in [-0.25, -0.2) is 0 Å². The largest absolute Gasteiger partial charge is 0.338 e. The Hall–Kier alpha value is -2.78. The summed E-state index contributed by atoms with van der Waals surface area (Å²) in [6.45, 7) is 4.35. The summed E-state index contributed by atoms with van der Waals surface area (Å²) in [4.78, 5) is 0. The van der Waals surface area contributed by atoms with Crippen LogP contribution in [0.2, 0.25) is 0 Å². The first kappa shape index (κ1) is 13.2. The number of hydrogen-bond donors (Lipinski definition) is 0. The third-order valence-electron chi connectivity index (χ3n) is 4.09. The molecule has 3 rings (SSSR count). The number of fused-ring (bicyclic) bond motifs is 3. The van der Waals surface area contributed by atoms with Gasteiger partial charge in [-0.1, -0.05) is 6.92 Å². The molecule has 0 bridgehead atoms. The van der Waals surface area contributed by atoms with Crippen LogP contribution in [-0.4, -0.2) is 4.57 Å². The summed E-state index contributed by atoms with van der Waals surface area (Å²) >= 11 is 0. The molecule has 102 valence electrons. The standard InChI is InChI=1S/C18H15N3/c1-3-12(2)21-17-6-4-13(10-19)8-15(17)16-9-14(11-20)5-7-18(16)21/h4-9,12H,3H2,1-2H3. The fraction of sp³-hybridized carbons (Fsp3) is 0.222. The van der Waals surface area contributed by atoms with E-state index in [1.54, 1.807) is 0 Å². The van der Waals surface area contributed by atoms with Crippen LogP contribution in [0.15, 0.2) is 36.4 Å². The van der Waals surface area contributed by atoms with E-state index >= 15 is 0 Å². The van der Waals surface area contributed by atoms with Gasteiger partial charge in [-0.05, 0) is 49.7 Å². The lowest BCUT2D eigenvalue weighted by molar-refractivity contribution is 0.563. The Balaban J connectivity index is 2.49. The molecule has 0 fully saturated rings. The van der Waals surface area contributed by atoms with Gasteiger partial charge in [-0.2, -0.15) is 10.5 Å². The van der Waals surface area contributed by atoms with E-state index in [1.165, 1.54) is 0 Å². The molecule has 0 aliphatic rings. The highest BCUT2D eigenvalue weighted by Gasteiger charge is 2.15. The van der Waals surface area contributed by atoms with Gasteiger partial charge in [-0.3, -0.25) is 0 Å². The van der Waals surface area contributed by atoms with Crippen molar-refractivity contribution >= 4 is 21.8 Å². The smallest absolute Gasteiger partial charge is 0.0991 e. The Bertz CT molecular complexity index is 848. The van der Waals surface area contributed by atoms with E-state index in [9.17, 15) is 0 Å². The van der Waals surface area contributed by atoms with Gasteiger partial charge in [0.2, 0.25) is 0 Å². The predicted molar refractivity (Wildman–Crippen MR) is 83.9 cm³/mol. The molecule has 0 amide bonds. The Morgan fingerprint density at radius 3 is 1.81 bits per heavy atom. The molecule has 1 heterocycles. The number of nitriles is 2. The fourth-order valence-electron chi connectivity index (χ4n) is 2.85. The van der Waals surface area contributed by atoms with Gasteiger partial charge >= 0.3 is 0 Å². The van der Waals surface area contributed by atoms with E-state index in [-0.39, 0.29) is 0 Å². The summed E-state index contributed by atoms with van der Waals surface area (Å²) in [6, 6.07) is 16.3. The SMILES string of the molecule is CCC(C)n1c2ccc(C#N)cc2c2cc(C#N)ccc21. The van der Waals surface area contributed by atoms with Crippen LogP contribution in [0.5, 0.6) is 0 Å². The second-order valence-corrected chi connectivity index (χ2v) is 5.31. The summed E-state index contributed by atoms with van der Waals surface area (Å²) in [5.41, 5.74) is 3.53. The lowest BCUT2D eigenvalue weighted by Gasteiger charge is -2.14. The van der Waals surface area contributed by atoms with Gasteiger partial charge in [0.25, 0.3) is 0 Å². The van der Waals surface area contributed by atoms with Gasteiger partial charge in [0.15, 0.2) is 0 Å². The van der Waals surface area contributed by atoms with Crippen molar-refractivity contribution in [1.82, 2.24) is 4.57 Å². The zero-order valence-electron chi connectivity index (χ0n) is 12.1. The molecule has 21 heavy (non-hydrogen) atoms. The van der Waals surface area contributed by atoms with Crippen LogP contribution >= 0.6 is 0 Å². The Kier molecular flexibility index (Phi) is 3.12. The second-order valence-electron chi connectivity index (χ2n) is 5.31. The monoisotopic (exact) mass is 273 g/mol. The van der Waals surface area contributed by atoms with Crippen LogP contribution in [-0.2, 0) is 0 Å². The third-order valence-corrected chi connectivity index (χ3v) is 4.09. The summed E-state index contributed by atoms with van der Waals surface area (Å²) in [5, 5.41) is 20.3. The number of nitrogens with zero attached hydrogens (tertiary/aromatic N) is 3. The number of aromatic nitrogens is 1. The lowest BCUT2D eigenvalue weighted by atomic mass is 10.1. The molecule has 3 aromatic rings. The van der Waals surface area contributed by atoms with Crippen molar-refractivity contribution in [2.75, 3.05) is 0 Å². The summed E-state index contributed by atoms with van der Waals surface area (Å²) < 4.78 is 2.30. The number of benzene rings is 2. The maximum absolute atomic E-state index is 9.12. The van der Waals surface area contributed by atoms with Gasteiger partial charge in [0.05, 0.1) is 23.3 Å². The maximum atomic E-state index is 9.12. The Morgan fingerprint density at radius 2 is 1.43 bits per heavy atom. The predicted octanol–water partition coefficient (Wildman–Crippen LogP) is 4.51. The first-order valence-corrected chi connectivity index (χ1v) is 7.07. The first-order valence-electron chi connectivity index (χ1n) is 7.07. The molecule has 3 nitrogen and oxygen atoms in total. The molecule has 3 heteroatoms. The summed E-state index contributed by atoms with van der Waals surface area (Å²) in [5.74, 6) is 0. The van der Waals surface area contributed by atoms with Crippen LogP contribution in [0.25, 0.3) is 21.8 Å². The average molecular weight is 273 g/mol. The highest BCUT2D eigenvalue weighted by Crippen LogP contribution is 2.33. The van der Waals surface area contributed by atoms with Crippen LogP contribution < -0.4 is 0 Å². The van der Waals surface area contributed by atoms with Crippen molar-refractivity contribution in [3.05, 3.63) is 47.5 Å². The molecule has 1 aromatic heterocycles. The van der Waals surface area contributed by atoms with Gasteiger partial charge in [-0.15, -0.1) is 0 Å². The quantitative estimate of drug-likeness (QED) is 0.689. The van der Waals surface area contributed by atoms with E-state index in [4.69, 9.17) is 10.5 Å². The molecule has 0 saturated carbocycles.